The van der Waals surface area contributed by atoms with Gasteiger partial charge >= 0.3 is 0 Å². The fourth-order valence-corrected chi connectivity index (χ4v) is 10.8. The van der Waals surface area contributed by atoms with Crippen LogP contribution in [0.5, 0.6) is 11.5 Å². The minimum atomic E-state index is 0.891. The van der Waals surface area contributed by atoms with E-state index in [2.05, 4.69) is 161 Å². The summed E-state index contributed by atoms with van der Waals surface area (Å²) in [5.74, 6) is 1.78. The highest BCUT2D eigenvalue weighted by Gasteiger charge is 2.19. The Balaban J connectivity index is 1.18. The Morgan fingerprint density at radius 2 is 0.667 bits per heavy atom. The molecule has 0 radical (unpaired) electrons. The lowest BCUT2D eigenvalue weighted by atomic mass is 9.85. The number of benzene rings is 6. The maximum absolute atomic E-state index is 5.57. The van der Waals surface area contributed by atoms with Gasteiger partial charge in [0.1, 0.15) is 11.5 Å². The van der Waals surface area contributed by atoms with Crippen molar-refractivity contribution in [2.45, 2.75) is 156 Å². The smallest absolute Gasteiger partial charge is 0.118 e. The summed E-state index contributed by atoms with van der Waals surface area (Å²) in [5, 5.41) is 4.74. The number of unbranched alkanes of at least 4 members (excludes halogenated alkanes) is 12. The quantitative estimate of drug-likeness (QED) is 0.0482. The van der Waals surface area contributed by atoms with Crippen LogP contribution in [-0.2, 0) is 25.7 Å². The molecule has 0 spiro atoms. The topological polar surface area (TPSA) is 44.2 Å². The first kappa shape index (κ1) is 52.1. The van der Waals surface area contributed by atoms with Crippen molar-refractivity contribution in [2.75, 3.05) is 14.2 Å². The second-order valence-corrected chi connectivity index (χ2v) is 20.2. The lowest BCUT2D eigenvalue weighted by Crippen LogP contribution is -2.00. The Bertz CT molecular complexity index is 2780. The third-order valence-corrected chi connectivity index (χ3v) is 15.0. The molecule has 0 saturated heterocycles. The Hall–Kier alpha value is -6.26. The number of hydrogen-bond acceptors (Lipinski definition) is 4. The van der Waals surface area contributed by atoms with Crippen molar-refractivity contribution in [3.63, 3.8) is 0 Å². The molecule has 0 aliphatic carbocycles. The molecule has 8 rings (SSSR count). The van der Waals surface area contributed by atoms with Crippen molar-refractivity contribution in [3.05, 3.63) is 156 Å². The van der Waals surface area contributed by atoms with Gasteiger partial charge in [-0.25, -0.2) is 0 Å². The molecule has 4 nitrogen and oxygen atoms in total. The molecule has 2 heterocycles. The van der Waals surface area contributed by atoms with Gasteiger partial charge in [-0.15, -0.1) is 0 Å². The van der Waals surface area contributed by atoms with Gasteiger partial charge in [-0.3, -0.25) is 9.97 Å². The van der Waals surface area contributed by atoms with Crippen LogP contribution in [0.15, 0.2) is 134 Å². The molecule has 8 aromatic rings. The number of aromatic nitrogens is 2. The molecule has 0 aliphatic rings. The zero-order chi connectivity index (χ0) is 50.1. The molecular formula is C68H80N2O2. The summed E-state index contributed by atoms with van der Waals surface area (Å²) < 4.78 is 11.1. The van der Waals surface area contributed by atoms with E-state index in [0.29, 0.717) is 0 Å². The maximum atomic E-state index is 5.57. The van der Waals surface area contributed by atoms with Crippen LogP contribution in [-0.4, -0.2) is 24.2 Å². The Labute approximate surface area is 432 Å². The molecule has 6 aromatic carbocycles. The molecule has 0 fully saturated rings. The van der Waals surface area contributed by atoms with E-state index in [1.807, 2.05) is 0 Å². The largest absolute Gasteiger partial charge is 0.497 e. The van der Waals surface area contributed by atoms with Gasteiger partial charge in [0.05, 0.1) is 25.6 Å². The molecule has 0 aliphatic heterocycles. The lowest BCUT2D eigenvalue weighted by Gasteiger charge is -2.19. The molecule has 0 bridgehead atoms. The van der Waals surface area contributed by atoms with Gasteiger partial charge < -0.3 is 9.47 Å². The Kier molecular flexibility index (Phi) is 19.1. The van der Waals surface area contributed by atoms with Crippen LogP contribution in [0.2, 0.25) is 0 Å². The van der Waals surface area contributed by atoms with Crippen LogP contribution < -0.4 is 9.47 Å². The Morgan fingerprint density at radius 3 is 1.00 bits per heavy atom. The highest BCUT2D eigenvalue weighted by molar-refractivity contribution is 6.01. The molecule has 4 heteroatoms. The van der Waals surface area contributed by atoms with Crippen LogP contribution in [0.4, 0.5) is 0 Å². The van der Waals surface area contributed by atoms with Gasteiger partial charge in [-0.05, 0) is 165 Å². The van der Waals surface area contributed by atoms with E-state index in [1.165, 1.54) is 191 Å². The number of pyridine rings is 2. The highest BCUT2D eigenvalue weighted by Crippen LogP contribution is 2.41. The molecule has 2 aromatic heterocycles. The summed E-state index contributed by atoms with van der Waals surface area (Å²) in [7, 11) is 3.49. The third kappa shape index (κ3) is 12.8. The number of fused-ring (bicyclic) bond motifs is 2. The van der Waals surface area contributed by atoms with Gasteiger partial charge in [0.25, 0.3) is 0 Å². The highest BCUT2D eigenvalue weighted by atomic mass is 16.5. The summed E-state index contributed by atoms with van der Waals surface area (Å²) in [4.78, 5) is 10.4. The van der Waals surface area contributed by atoms with Gasteiger partial charge in [0.15, 0.2) is 0 Å². The SMILES string of the molecule is CCCCCCc1cc(-c2cccc3cc(-c4cc5cccc(-c6cc(CCCCCC)c(-c7ccc(OC)cc7)cc6CCCCCC)c5cn4)ncc23)c(CCCCCC)cc1-c1ccc(OC)cc1. The summed E-state index contributed by atoms with van der Waals surface area (Å²) in [5.41, 5.74) is 17.9. The van der Waals surface area contributed by atoms with Crippen LogP contribution in [0.25, 0.3) is 77.4 Å². The van der Waals surface area contributed by atoms with Crippen LogP contribution in [0.1, 0.15) is 153 Å². The Morgan fingerprint density at radius 1 is 0.333 bits per heavy atom. The molecular weight excluding hydrogens is 877 g/mol. The zero-order valence-electron chi connectivity index (χ0n) is 44.6. The van der Waals surface area contributed by atoms with Crippen molar-refractivity contribution < 1.29 is 9.47 Å². The van der Waals surface area contributed by atoms with Crippen LogP contribution >= 0.6 is 0 Å². The summed E-state index contributed by atoms with van der Waals surface area (Å²) in [6.07, 6.45) is 28.1. The normalized spacial score (nSPS) is 11.5. The third-order valence-electron chi connectivity index (χ3n) is 15.0. The lowest BCUT2D eigenvalue weighted by molar-refractivity contribution is 0.415. The number of hydrogen-bond donors (Lipinski definition) is 0. The summed E-state index contributed by atoms with van der Waals surface area (Å²) in [6.45, 7) is 9.18. The van der Waals surface area contributed by atoms with Crippen LogP contribution in [0, 0.1) is 0 Å². The van der Waals surface area contributed by atoms with Crippen molar-refractivity contribution >= 4 is 21.5 Å². The number of rotatable bonds is 27. The molecule has 0 amide bonds. The molecule has 374 valence electrons. The van der Waals surface area contributed by atoms with E-state index in [-0.39, 0.29) is 0 Å². The number of ether oxygens (including phenoxy) is 2. The minimum Gasteiger partial charge on any atom is -0.497 e. The predicted octanol–water partition coefficient (Wildman–Crippen LogP) is 19.6. The van der Waals surface area contributed by atoms with Crippen molar-refractivity contribution in [3.8, 4) is 67.4 Å². The molecule has 0 unspecified atom stereocenters. The summed E-state index contributed by atoms with van der Waals surface area (Å²) >= 11 is 0. The number of aryl methyl sites for hydroxylation is 4. The monoisotopic (exact) mass is 957 g/mol. The van der Waals surface area contributed by atoms with Gasteiger partial charge in [0, 0.05) is 23.2 Å². The number of nitrogens with zero attached hydrogens (tertiary/aromatic N) is 2. The average molecular weight is 957 g/mol. The average Bonchev–Trinajstić information content (AvgIpc) is 3.43. The zero-order valence-corrected chi connectivity index (χ0v) is 44.6. The van der Waals surface area contributed by atoms with Crippen molar-refractivity contribution in [1.82, 2.24) is 9.97 Å². The first-order valence-electron chi connectivity index (χ1n) is 27.9. The number of methoxy groups -OCH3 is 2. The predicted molar refractivity (Wildman–Crippen MR) is 309 cm³/mol. The van der Waals surface area contributed by atoms with Crippen molar-refractivity contribution in [2.24, 2.45) is 0 Å². The second kappa shape index (κ2) is 26.4. The van der Waals surface area contributed by atoms with Crippen LogP contribution in [0.3, 0.4) is 0 Å². The van der Waals surface area contributed by atoms with Crippen molar-refractivity contribution in [1.29, 1.82) is 0 Å². The first-order valence-corrected chi connectivity index (χ1v) is 27.9. The minimum absolute atomic E-state index is 0.891. The van der Waals surface area contributed by atoms with Gasteiger partial charge in [-0.2, -0.15) is 0 Å². The van der Waals surface area contributed by atoms with E-state index < -0.39 is 0 Å². The molecule has 0 atom stereocenters. The van der Waals surface area contributed by atoms with Gasteiger partial charge in [-0.1, -0.05) is 190 Å². The maximum Gasteiger partial charge on any atom is 0.118 e. The fraction of sp³-hybridized carbons (Fsp3) is 0.382. The second-order valence-electron chi connectivity index (χ2n) is 20.2. The van der Waals surface area contributed by atoms with Gasteiger partial charge in [0.2, 0.25) is 0 Å². The fourth-order valence-electron chi connectivity index (χ4n) is 10.8. The molecule has 72 heavy (non-hydrogen) atoms. The van der Waals surface area contributed by atoms with E-state index >= 15 is 0 Å². The van der Waals surface area contributed by atoms with E-state index in [0.717, 1.165) is 48.6 Å². The molecule has 0 saturated carbocycles. The van der Waals surface area contributed by atoms with E-state index in [9.17, 15) is 0 Å². The van der Waals surface area contributed by atoms with E-state index in [4.69, 9.17) is 19.4 Å². The standard InChI is InChI=1S/C68H80N2O2/c1-7-11-15-19-25-51-43-63(53(27-21-17-13-9-3)41-61(51)49-33-37-57(71-5)38-34-49)59-31-23-29-55-45-67(69-47-65(55)59)68-46-56-30-24-32-60(66(56)48-70-68)64-44-52(26-20-16-12-8-2)62(42-54(64)28-22-18-14-10-4)50-35-39-58(72-6)40-36-50/h23-24,29-48H,7-22,25-28H2,1-6H3. The summed E-state index contributed by atoms with van der Waals surface area (Å²) in [6, 6.07) is 45.5. The van der Waals surface area contributed by atoms with E-state index in [1.54, 1.807) is 14.2 Å². The first-order chi connectivity index (χ1) is 35.5. The molecule has 0 N–H and O–H groups in total.